The monoisotopic (exact) mass is 298 g/mol. The number of ketones is 1. The van der Waals surface area contributed by atoms with E-state index in [0.29, 0.717) is 17.0 Å². The van der Waals surface area contributed by atoms with Crippen molar-refractivity contribution < 1.29 is 9.53 Å². The number of methoxy groups -OCH3 is 1. The third-order valence-corrected chi connectivity index (χ3v) is 3.99. The van der Waals surface area contributed by atoms with Gasteiger partial charge in [-0.25, -0.2) is 0 Å². The van der Waals surface area contributed by atoms with E-state index in [9.17, 15) is 4.79 Å². The molecule has 2 aromatic rings. The zero-order valence-corrected chi connectivity index (χ0v) is 12.4. The van der Waals surface area contributed by atoms with Crippen molar-refractivity contribution in [3.8, 4) is 0 Å². The molecule has 0 radical (unpaired) electrons. The predicted molar refractivity (Wildman–Crippen MR) is 84.7 cm³/mol. The largest absolute Gasteiger partial charge is 0.377 e. The highest BCUT2D eigenvalue weighted by Gasteiger charge is 2.24. The first-order valence-electron chi connectivity index (χ1n) is 6.82. The van der Waals surface area contributed by atoms with E-state index in [1.165, 1.54) is 0 Å². The number of fused-ring (bicyclic) bond motifs is 1. The maximum atomic E-state index is 12.8. The van der Waals surface area contributed by atoms with Crippen LogP contribution in [-0.2, 0) is 11.2 Å². The van der Waals surface area contributed by atoms with Crippen LogP contribution in [0.3, 0.4) is 0 Å². The van der Waals surface area contributed by atoms with Crippen molar-refractivity contribution in [1.82, 2.24) is 0 Å². The number of Topliss-reactive ketones (excluding diaryl/α,β-unsaturated/α-hetero) is 1. The second-order valence-corrected chi connectivity index (χ2v) is 5.49. The van der Waals surface area contributed by atoms with Crippen LogP contribution in [0.25, 0.3) is 5.57 Å². The Kier molecular flexibility index (Phi) is 3.91. The summed E-state index contributed by atoms with van der Waals surface area (Å²) in [6.07, 6.45) is 2.50. The first kappa shape index (κ1) is 14.1. The number of allylic oxidation sites excluding steroid dienone is 1. The van der Waals surface area contributed by atoms with Gasteiger partial charge in [0.2, 0.25) is 0 Å². The minimum absolute atomic E-state index is 0.0347. The van der Waals surface area contributed by atoms with E-state index in [2.05, 4.69) is 0 Å². The van der Waals surface area contributed by atoms with Gasteiger partial charge in [0.05, 0.1) is 6.10 Å². The van der Waals surface area contributed by atoms with Crippen LogP contribution >= 0.6 is 11.6 Å². The van der Waals surface area contributed by atoms with Crippen molar-refractivity contribution in [3.63, 3.8) is 0 Å². The predicted octanol–water partition coefficient (Wildman–Crippen LogP) is 4.18. The second-order valence-electron chi connectivity index (χ2n) is 5.05. The Morgan fingerprint density at radius 1 is 1.10 bits per heavy atom. The molecule has 1 unspecified atom stereocenters. The quantitative estimate of drug-likeness (QED) is 0.831. The average Bonchev–Trinajstić information content (AvgIpc) is 2.65. The van der Waals surface area contributed by atoms with Gasteiger partial charge < -0.3 is 4.74 Å². The molecule has 106 valence electrons. The molecule has 3 rings (SSSR count). The molecular formula is C18H15ClO2. The summed E-state index contributed by atoms with van der Waals surface area (Å²) >= 11 is 5.93. The van der Waals surface area contributed by atoms with Gasteiger partial charge in [0, 0.05) is 29.7 Å². The molecule has 1 atom stereocenters. The van der Waals surface area contributed by atoms with E-state index in [-0.39, 0.29) is 11.9 Å². The van der Waals surface area contributed by atoms with E-state index < -0.39 is 0 Å². The summed E-state index contributed by atoms with van der Waals surface area (Å²) in [5.41, 5.74) is 3.31. The number of benzene rings is 2. The Morgan fingerprint density at radius 2 is 1.81 bits per heavy atom. The van der Waals surface area contributed by atoms with Crippen LogP contribution in [0.15, 0.2) is 54.6 Å². The number of hydrogen-bond acceptors (Lipinski definition) is 2. The maximum absolute atomic E-state index is 12.8. The van der Waals surface area contributed by atoms with Crippen LogP contribution < -0.4 is 0 Å². The molecule has 21 heavy (non-hydrogen) atoms. The summed E-state index contributed by atoms with van der Waals surface area (Å²) in [5, 5.41) is 0.657. The zero-order chi connectivity index (χ0) is 14.8. The highest BCUT2D eigenvalue weighted by atomic mass is 35.5. The standard InChI is InChI=1S/C18H15ClO2/c1-21-15-10-13-4-2-3-5-16(13)18(20)17(11-15)12-6-8-14(19)9-7-12/h2-9,11,15H,10H2,1H3. The fraction of sp³-hybridized carbons (Fsp3) is 0.167. The first-order valence-corrected chi connectivity index (χ1v) is 7.20. The topological polar surface area (TPSA) is 26.3 Å². The van der Waals surface area contributed by atoms with E-state index in [4.69, 9.17) is 16.3 Å². The molecule has 0 N–H and O–H groups in total. The van der Waals surface area contributed by atoms with Gasteiger partial charge in [-0.05, 0) is 29.3 Å². The van der Waals surface area contributed by atoms with Crippen molar-refractivity contribution in [3.05, 3.63) is 76.3 Å². The molecule has 1 aliphatic carbocycles. The fourth-order valence-corrected chi connectivity index (χ4v) is 2.74. The fourth-order valence-electron chi connectivity index (χ4n) is 2.61. The highest BCUT2D eigenvalue weighted by Crippen LogP contribution is 2.28. The number of rotatable bonds is 2. The van der Waals surface area contributed by atoms with Crippen LogP contribution in [0, 0.1) is 0 Å². The summed E-state index contributed by atoms with van der Waals surface area (Å²) in [6, 6.07) is 15.0. The van der Waals surface area contributed by atoms with Crippen LogP contribution in [-0.4, -0.2) is 19.0 Å². The van der Waals surface area contributed by atoms with Gasteiger partial charge in [0.15, 0.2) is 5.78 Å². The Labute approximate surface area is 129 Å². The van der Waals surface area contributed by atoms with E-state index >= 15 is 0 Å². The molecule has 2 nitrogen and oxygen atoms in total. The Bertz CT molecular complexity index is 701. The summed E-state index contributed by atoms with van der Waals surface area (Å²) in [6.45, 7) is 0. The number of ether oxygens (including phenoxy) is 1. The van der Waals surface area contributed by atoms with Crippen molar-refractivity contribution in [2.75, 3.05) is 7.11 Å². The maximum Gasteiger partial charge on any atom is 0.193 e. The molecule has 1 aliphatic rings. The molecule has 0 saturated carbocycles. The summed E-state index contributed by atoms with van der Waals surface area (Å²) in [5.74, 6) is 0.0347. The summed E-state index contributed by atoms with van der Waals surface area (Å²) < 4.78 is 5.50. The minimum Gasteiger partial charge on any atom is -0.377 e. The number of hydrogen-bond donors (Lipinski definition) is 0. The van der Waals surface area contributed by atoms with Gasteiger partial charge in [-0.2, -0.15) is 0 Å². The first-order chi connectivity index (χ1) is 10.2. The molecule has 0 fully saturated rings. The molecule has 0 heterocycles. The number of carbonyl (C=O) groups is 1. The average molecular weight is 299 g/mol. The van der Waals surface area contributed by atoms with Crippen LogP contribution in [0.4, 0.5) is 0 Å². The van der Waals surface area contributed by atoms with Crippen molar-refractivity contribution in [2.24, 2.45) is 0 Å². The molecule has 0 aromatic heterocycles. The van der Waals surface area contributed by atoms with Crippen molar-refractivity contribution in [1.29, 1.82) is 0 Å². The van der Waals surface area contributed by atoms with Gasteiger partial charge in [0.1, 0.15) is 0 Å². The third-order valence-electron chi connectivity index (χ3n) is 3.74. The summed E-state index contributed by atoms with van der Waals surface area (Å²) in [7, 11) is 1.67. The smallest absolute Gasteiger partial charge is 0.193 e. The second kappa shape index (κ2) is 5.84. The zero-order valence-electron chi connectivity index (χ0n) is 11.7. The molecular weight excluding hydrogens is 284 g/mol. The lowest BCUT2D eigenvalue weighted by atomic mass is 9.95. The van der Waals surface area contributed by atoms with E-state index in [0.717, 1.165) is 16.7 Å². The molecule has 3 heteroatoms. The van der Waals surface area contributed by atoms with Crippen molar-refractivity contribution in [2.45, 2.75) is 12.5 Å². The lowest BCUT2D eigenvalue weighted by Crippen LogP contribution is -2.10. The van der Waals surface area contributed by atoms with Gasteiger partial charge in [-0.1, -0.05) is 48.0 Å². The lowest BCUT2D eigenvalue weighted by Gasteiger charge is -2.10. The van der Waals surface area contributed by atoms with Crippen LogP contribution in [0.5, 0.6) is 0 Å². The number of carbonyl (C=O) groups excluding carboxylic acids is 1. The van der Waals surface area contributed by atoms with Gasteiger partial charge in [-0.15, -0.1) is 0 Å². The molecule has 0 saturated heterocycles. The molecule has 0 amide bonds. The van der Waals surface area contributed by atoms with Crippen molar-refractivity contribution >= 4 is 23.0 Å². The van der Waals surface area contributed by atoms with Crippen LogP contribution in [0.2, 0.25) is 5.02 Å². The third kappa shape index (κ3) is 2.78. The molecule has 2 aromatic carbocycles. The molecule has 0 spiro atoms. The summed E-state index contributed by atoms with van der Waals surface area (Å²) in [4.78, 5) is 12.8. The van der Waals surface area contributed by atoms with Gasteiger partial charge in [0.25, 0.3) is 0 Å². The van der Waals surface area contributed by atoms with E-state index in [1.54, 1.807) is 19.2 Å². The van der Waals surface area contributed by atoms with Crippen LogP contribution in [0.1, 0.15) is 21.5 Å². The Hall–Kier alpha value is -1.90. The van der Waals surface area contributed by atoms with Gasteiger partial charge >= 0.3 is 0 Å². The normalized spacial score (nSPS) is 17.9. The molecule has 0 aliphatic heterocycles. The van der Waals surface area contributed by atoms with E-state index in [1.807, 2.05) is 42.5 Å². The highest BCUT2D eigenvalue weighted by molar-refractivity contribution is 6.31. The van der Waals surface area contributed by atoms with Gasteiger partial charge in [-0.3, -0.25) is 4.79 Å². The SMILES string of the molecule is COC1C=C(c2ccc(Cl)cc2)C(=O)c2ccccc2C1. The Morgan fingerprint density at radius 3 is 2.52 bits per heavy atom. The lowest BCUT2D eigenvalue weighted by molar-refractivity contribution is 0.105. The molecule has 0 bridgehead atoms. The Balaban J connectivity index is 2.12. The minimum atomic E-state index is -0.108. The number of halogens is 1.